The normalized spacial score (nSPS) is 24.4. The molecule has 0 aliphatic carbocycles. The number of rotatable bonds is 2. The van der Waals surface area contributed by atoms with Crippen LogP contribution in [0.25, 0.3) is 10.2 Å². The van der Waals surface area contributed by atoms with Gasteiger partial charge in [-0.1, -0.05) is 18.7 Å². The van der Waals surface area contributed by atoms with Crippen molar-refractivity contribution in [1.29, 1.82) is 0 Å². The van der Waals surface area contributed by atoms with E-state index in [9.17, 15) is 5.11 Å². The van der Waals surface area contributed by atoms with Crippen molar-refractivity contribution < 1.29 is 5.11 Å². The molecule has 4 heteroatoms. The Morgan fingerprint density at radius 3 is 3.06 bits per heavy atom. The number of aromatic nitrogens is 1. The summed E-state index contributed by atoms with van der Waals surface area (Å²) in [5, 5.41) is 10.8. The van der Waals surface area contributed by atoms with Crippen molar-refractivity contribution in [1.82, 2.24) is 9.88 Å². The minimum Gasteiger partial charge on any atom is -0.391 e. The van der Waals surface area contributed by atoms with Crippen LogP contribution in [0.15, 0.2) is 37.0 Å². The molecule has 1 aliphatic rings. The summed E-state index contributed by atoms with van der Waals surface area (Å²) in [6, 6.07) is 8.32. The highest BCUT2D eigenvalue weighted by atomic mass is 32.1. The zero-order valence-electron chi connectivity index (χ0n) is 9.41. The summed E-state index contributed by atoms with van der Waals surface area (Å²) in [6.07, 6.45) is 2.27. The maximum Gasteiger partial charge on any atom is 0.116 e. The van der Waals surface area contributed by atoms with Crippen molar-refractivity contribution in [2.75, 3.05) is 6.54 Å². The topological polar surface area (TPSA) is 36.4 Å². The molecule has 2 atom stereocenters. The lowest BCUT2D eigenvalue weighted by Crippen LogP contribution is -2.17. The van der Waals surface area contributed by atoms with Gasteiger partial charge >= 0.3 is 0 Å². The van der Waals surface area contributed by atoms with Gasteiger partial charge < -0.3 is 10.0 Å². The van der Waals surface area contributed by atoms with Gasteiger partial charge in [0.2, 0.25) is 0 Å². The Bertz CT molecular complexity index is 518. The van der Waals surface area contributed by atoms with Gasteiger partial charge in [0.05, 0.1) is 22.4 Å². The van der Waals surface area contributed by atoms with Crippen molar-refractivity contribution in [2.24, 2.45) is 0 Å². The molecule has 0 radical (unpaired) electrons. The molecule has 3 nitrogen and oxygen atoms in total. The number of hydrogen-bond donors (Lipinski definition) is 1. The summed E-state index contributed by atoms with van der Waals surface area (Å²) in [5.41, 5.74) is 1.04. The number of thiazole rings is 1. The largest absolute Gasteiger partial charge is 0.391 e. The lowest BCUT2D eigenvalue weighted by atomic mass is 10.2. The van der Waals surface area contributed by atoms with E-state index >= 15 is 0 Å². The third-order valence-corrected chi connectivity index (χ3v) is 4.28. The lowest BCUT2D eigenvalue weighted by molar-refractivity contribution is 0.186. The molecular weight excluding hydrogens is 232 g/mol. The molecule has 1 aromatic carbocycles. The molecule has 0 spiro atoms. The molecule has 2 unspecified atom stereocenters. The van der Waals surface area contributed by atoms with Crippen LogP contribution in [0.2, 0.25) is 0 Å². The van der Waals surface area contributed by atoms with Crippen molar-refractivity contribution in [3.63, 3.8) is 0 Å². The van der Waals surface area contributed by atoms with Gasteiger partial charge in [0.25, 0.3) is 0 Å². The second-order valence-corrected chi connectivity index (χ2v) is 5.37. The first kappa shape index (κ1) is 10.7. The standard InChI is InChI=1S/C13H14N2OS/c1-2-15-8-9(16)7-11(15)13-14-10-5-3-4-6-12(10)17-13/h2-6,9,11,16H,1,7-8H2. The molecule has 0 bridgehead atoms. The van der Waals surface area contributed by atoms with Gasteiger partial charge in [-0.25, -0.2) is 4.98 Å². The van der Waals surface area contributed by atoms with E-state index < -0.39 is 0 Å². The van der Waals surface area contributed by atoms with Gasteiger partial charge in [0, 0.05) is 13.0 Å². The van der Waals surface area contributed by atoms with E-state index in [0.29, 0.717) is 6.54 Å². The fourth-order valence-corrected chi connectivity index (χ4v) is 3.42. The molecule has 2 aromatic rings. The van der Waals surface area contributed by atoms with Crippen LogP contribution in [0.5, 0.6) is 0 Å². The Balaban J connectivity index is 2.00. The lowest BCUT2D eigenvalue weighted by Gasteiger charge is -2.19. The number of aliphatic hydroxyl groups is 1. The van der Waals surface area contributed by atoms with E-state index in [2.05, 4.69) is 22.5 Å². The number of likely N-dealkylation sites (tertiary alicyclic amines) is 1. The third-order valence-electron chi connectivity index (χ3n) is 3.15. The van der Waals surface area contributed by atoms with E-state index in [1.54, 1.807) is 17.5 Å². The molecule has 1 fully saturated rings. The van der Waals surface area contributed by atoms with Crippen molar-refractivity contribution in [3.8, 4) is 0 Å². The predicted octanol–water partition coefficient (Wildman–Crippen LogP) is 2.55. The van der Waals surface area contributed by atoms with Gasteiger partial charge in [-0.2, -0.15) is 0 Å². The minimum absolute atomic E-state index is 0.180. The fraction of sp³-hybridized carbons (Fsp3) is 0.308. The first-order chi connectivity index (χ1) is 8.28. The third kappa shape index (κ3) is 1.83. The highest BCUT2D eigenvalue weighted by Gasteiger charge is 2.31. The SMILES string of the molecule is C=CN1CC(O)CC1c1nc2ccccc2s1. The summed E-state index contributed by atoms with van der Waals surface area (Å²) < 4.78 is 1.20. The molecule has 1 saturated heterocycles. The van der Waals surface area contributed by atoms with Gasteiger partial charge in [-0.15, -0.1) is 11.3 Å². The zero-order valence-corrected chi connectivity index (χ0v) is 10.2. The predicted molar refractivity (Wildman–Crippen MR) is 69.9 cm³/mol. The summed E-state index contributed by atoms with van der Waals surface area (Å²) in [5.74, 6) is 0. The van der Waals surface area contributed by atoms with Gasteiger partial charge in [0.15, 0.2) is 0 Å². The van der Waals surface area contributed by atoms with Crippen LogP contribution in [-0.2, 0) is 0 Å². The van der Waals surface area contributed by atoms with Crippen LogP contribution in [0.4, 0.5) is 0 Å². The van der Waals surface area contributed by atoms with E-state index in [1.165, 1.54) is 4.70 Å². The van der Waals surface area contributed by atoms with Crippen LogP contribution in [0.1, 0.15) is 17.5 Å². The second kappa shape index (κ2) is 4.13. The Morgan fingerprint density at radius 1 is 1.47 bits per heavy atom. The summed E-state index contributed by atoms with van der Waals surface area (Å²) in [7, 11) is 0. The first-order valence-corrected chi connectivity index (χ1v) is 6.51. The smallest absolute Gasteiger partial charge is 0.116 e. The molecule has 3 rings (SSSR count). The number of fused-ring (bicyclic) bond motifs is 1. The molecule has 1 aliphatic heterocycles. The number of β-amino-alcohol motifs (C(OH)–C–C–N with tert-alkyl or cyclic N) is 1. The van der Waals surface area contributed by atoms with E-state index in [1.807, 2.05) is 18.2 Å². The average molecular weight is 246 g/mol. The zero-order chi connectivity index (χ0) is 11.8. The van der Waals surface area contributed by atoms with E-state index in [4.69, 9.17) is 0 Å². The van der Waals surface area contributed by atoms with Crippen molar-refractivity contribution in [3.05, 3.63) is 42.1 Å². The molecule has 88 valence electrons. The Morgan fingerprint density at radius 2 is 2.29 bits per heavy atom. The van der Waals surface area contributed by atoms with Crippen LogP contribution < -0.4 is 0 Å². The molecule has 1 N–H and O–H groups in total. The first-order valence-electron chi connectivity index (χ1n) is 5.70. The number of hydrogen-bond acceptors (Lipinski definition) is 4. The molecule has 1 aromatic heterocycles. The minimum atomic E-state index is -0.273. The van der Waals surface area contributed by atoms with Crippen LogP contribution in [-0.4, -0.2) is 27.6 Å². The molecular formula is C13H14N2OS. The number of nitrogens with zero attached hydrogens (tertiary/aromatic N) is 2. The van der Waals surface area contributed by atoms with E-state index in [0.717, 1.165) is 16.9 Å². The molecule has 2 heterocycles. The monoisotopic (exact) mass is 246 g/mol. The summed E-state index contributed by atoms with van der Waals surface area (Å²) >= 11 is 1.70. The van der Waals surface area contributed by atoms with Crippen LogP contribution >= 0.6 is 11.3 Å². The summed E-state index contributed by atoms with van der Waals surface area (Å²) in [6.45, 7) is 4.46. The number of para-hydroxylation sites is 1. The van der Waals surface area contributed by atoms with Gasteiger partial charge in [0.1, 0.15) is 5.01 Å². The van der Waals surface area contributed by atoms with Gasteiger partial charge in [-0.05, 0) is 18.3 Å². The highest BCUT2D eigenvalue weighted by molar-refractivity contribution is 7.18. The molecule has 0 amide bonds. The average Bonchev–Trinajstić information content (AvgIpc) is 2.91. The van der Waals surface area contributed by atoms with Gasteiger partial charge in [-0.3, -0.25) is 0 Å². The maximum absolute atomic E-state index is 9.72. The Kier molecular flexibility index (Phi) is 2.61. The Hall–Kier alpha value is -1.39. The highest BCUT2D eigenvalue weighted by Crippen LogP contribution is 2.36. The quantitative estimate of drug-likeness (QED) is 0.884. The van der Waals surface area contributed by atoms with Crippen LogP contribution in [0.3, 0.4) is 0 Å². The van der Waals surface area contributed by atoms with Crippen molar-refractivity contribution in [2.45, 2.75) is 18.6 Å². The number of aliphatic hydroxyl groups excluding tert-OH is 1. The van der Waals surface area contributed by atoms with E-state index in [-0.39, 0.29) is 12.1 Å². The van der Waals surface area contributed by atoms with Crippen LogP contribution in [0, 0.1) is 0 Å². The Labute approximate surface area is 104 Å². The maximum atomic E-state index is 9.72. The second-order valence-electron chi connectivity index (χ2n) is 4.30. The van der Waals surface area contributed by atoms with Crippen molar-refractivity contribution >= 4 is 21.6 Å². The molecule has 17 heavy (non-hydrogen) atoms. The molecule has 0 saturated carbocycles. The summed E-state index contributed by atoms with van der Waals surface area (Å²) in [4.78, 5) is 6.72. The fourth-order valence-electron chi connectivity index (χ4n) is 2.32. The number of benzene rings is 1.